The summed E-state index contributed by atoms with van der Waals surface area (Å²) in [7, 11) is -3.77. The normalized spacial score (nSPS) is 11.0. The molecule has 0 atom stereocenters. The Hall–Kier alpha value is -1.36. The highest BCUT2D eigenvalue weighted by Crippen LogP contribution is 2.25. The molecule has 0 unspecified atom stereocenters. The summed E-state index contributed by atoms with van der Waals surface area (Å²) in [5.74, 6) is 4.01. The van der Waals surface area contributed by atoms with Gasteiger partial charge in [0.2, 0.25) is 10.0 Å². The summed E-state index contributed by atoms with van der Waals surface area (Å²) in [4.78, 5) is 0.0475. The Bertz CT molecular complexity index is 592. The van der Waals surface area contributed by atoms with E-state index in [1.807, 2.05) is 0 Å². The number of anilines is 2. The number of rotatable bonds is 6. The molecule has 0 spiro atoms. The van der Waals surface area contributed by atoms with Crippen LogP contribution in [0.5, 0.6) is 0 Å². The molecular weight excluding hydrogens is 282 g/mol. The minimum atomic E-state index is -3.77. The molecule has 0 saturated heterocycles. The maximum absolute atomic E-state index is 11.4. The topological polar surface area (TPSA) is 98.2 Å². The van der Waals surface area contributed by atoms with Gasteiger partial charge in [-0.25, -0.2) is 13.6 Å². The molecule has 0 saturated carbocycles. The third-order valence-corrected chi connectivity index (χ3v) is 4.34. The highest BCUT2D eigenvalue weighted by molar-refractivity contribution is 7.99. The van der Waals surface area contributed by atoms with Crippen LogP contribution >= 0.6 is 11.8 Å². The van der Waals surface area contributed by atoms with E-state index in [0.717, 1.165) is 5.75 Å². The number of sulfonamides is 1. The van der Waals surface area contributed by atoms with Crippen molar-refractivity contribution in [2.24, 2.45) is 5.14 Å². The van der Waals surface area contributed by atoms with Gasteiger partial charge in [0.1, 0.15) is 0 Å². The van der Waals surface area contributed by atoms with Crippen LogP contribution < -0.4 is 16.2 Å². The lowest BCUT2D eigenvalue weighted by atomic mass is 10.2. The lowest BCUT2D eigenvalue weighted by Gasteiger charge is -2.13. The maximum Gasteiger partial charge on any atom is 0.238 e. The number of nitrogen functional groups attached to an aromatic ring is 1. The van der Waals surface area contributed by atoms with Crippen LogP contribution in [0.15, 0.2) is 17.0 Å². The van der Waals surface area contributed by atoms with Crippen LogP contribution in [0.25, 0.3) is 0 Å². The fourth-order valence-corrected chi connectivity index (χ4v) is 2.92. The summed E-state index contributed by atoms with van der Waals surface area (Å²) in [6.45, 7) is 2.36. The Balaban J connectivity index is 2.85. The second-order valence-electron chi connectivity index (χ2n) is 3.92. The van der Waals surface area contributed by atoms with E-state index in [4.69, 9.17) is 17.3 Å². The number of hydrogen-bond donors (Lipinski definition) is 3. The molecule has 0 aliphatic carbocycles. The van der Waals surface area contributed by atoms with Crippen molar-refractivity contribution in [3.63, 3.8) is 0 Å². The maximum atomic E-state index is 11.4. The molecule has 0 aliphatic rings. The van der Waals surface area contributed by atoms with E-state index in [0.29, 0.717) is 29.2 Å². The Morgan fingerprint density at radius 3 is 2.74 bits per heavy atom. The minimum Gasteiger partial charge on any atom is -0.399 e. The molecule has 0 fully saturated rings. The number of nitrogens with two attached hydrogens (primary N) is 2. The summed E-state index contributed by atoms with van der Waals surface area (Å²) >= 11 is 1.62. The Labute approximate surface area is 118 Å². The molecule has 19 heavy (non-hydrogen) atoms. The minimum absolute atomic E-state index is 0.0475. The van der Waals surface area contributed by atoms with Gasteiger partial charge in [-0.1, -0.05) is 5.92 Å². The first kappa shape index (κ1) is 15.7. The van der Waals surface area contributed by atoms with Gasteiger partial charge in [0.15, 0.2) is 0 Å². The first-order valence-corrected chi connectivity index (χ1v) is 8.24. The van der Waals surface area contributed by atoms with Crippen molar-refractivity contribution in [2.45, 2.75) is 11.8 Å². The number of nitrogens with one attached hydrogen (secondary N) is 1. The molecule has 0 bridgehead atoms. The fraction of sp³-hybridized carbons (Fsp3) is 0.333. The number of benzene rings is 1. The standard InChI is InChI=1S/C12H17N3O2S2/c1-3-5-18-6-4-15-11-7-10(13)8-12(9(11)2)19(14,16)17/h1,7-8,15H,4-6,13H2,2H3,(H2,14,16,17). The van der Waals surface area contributed by atoms with Gasteiger partial charge in [0.05, 0.1) is 10.6 Å². The van der Waals surface area contributed by atoms with E-state index in [1.54, 1.807) is 24.8 Å². The summed E-state index contributed by atoms with van der Waals surface area (Å²) in [6, 6.07) is 3.05. The SMILES string of the molecule is C#CCSCCNc1cc(N)cc(S(N)(=O)=O)c1C. The van der Waals surface area contributed by atoms with Gasteiger partial charge < -0.3 is 11.1 Å². The molecule has 0 heterocycles. The molecular formula is C12H17N3O2S2. The number of terminal acetylenes is 1. The van der Waals surface area contributed by atoms with Gasteiger partial charge in [0, 0.05) is 23.7 Å². The van der Waals surface area contributed by atoms with Crippen molar-refractivity contribution in [3.8, 4) is 12.3 Å². The van der Waals surface area contributed by atoms with Crippen molar-refractivity contribution in [1.82, 2.24) is 0 Å². The van der Waals surface area contributed by atoms with Gasteiger partial charge in [0.25, 0.3) is 0 Å². The van der Waals surface area contributed by atoms with Crippen molar-refractivity contribution in [2.75, 3.05) is 29.1 Å². The van der Waals surface area contributed by atoms with E-state index >= 15 is 0 Å². The molecule has 104 valence electrons. The van der Waals surface area contributed by atoms with Crippen LogP contribution in [0.4, 0.5) is 11.4 Å². The van der Waals surface area contributed by atoms with Crippen molar-refractivity contribution < 1.29 is 8.42 Å². The molecule has 0 radical (unpaired) electrons. The summed E-state index contributed by atoms with van der Waals surface area (Å²) in [6.07, 6.45) is 5.15. The van der Waals surface area contributed by atoms with Crippen LogP contribution in [0.1, 0.15) is 5.56 Å². The van der Waals surface area contributed by atoms with Crippen molar-refractivity contribution >= 4 is 33.2 Å². The van der Waals surface area contributed by atoms with Gasteiger partial charge in [-0.2, -0.15) is 0 Å². The monoisotopic (exact) mass is 299 g/mol. The molecule has 5 N–H and O–H groups in total. The summed E-state index contributed by atoms with van der Waals surface area (Å²) in [5, 5.41) is 8.29. The quantitative estimate of drug-likeness (QED) is 0.413. The van der Waals surface area contributed by atoms with Gasteiger partial charge >= 0.3 is 0 Å². The fourth-order valence-electron chi connectivity index (χ4n) is 1.58. The Kier molecular flexibility index (Phi) is 5.54. The average Bonchev–Trinajstić information content (AvgIpc) is 2.31. The Morgan fingerprint density at radius 1 is 1.47 bits per heavy atom. The molecule has 7 heteroatoms. The van der Waals surface area contributed by atoms with Crippen LogP contribution in [0.2, 0.25) is 0 Å². The average molecular weight is 299 g/mol. The molecule has 0 aliphatic heterocycles. The third kappa shape index (κ3) is 4.67. The number of primary sulfonamides is 1. The lowest BCUT2D eigenvalue weighted by molar-refractivity contribution is 0.597. The number of thioether (sulfide) groups is 1. The van der Waals surface area contributed by atoms with Crippen LogP contribution in [0, 0.1) is 19.3 Å². The predicted octanol–water partition coefficient (Wildman–Crippen LogP) is 1.00. The zero-order valence-electron chi connectivity index (χ0n) is 10.6. The molecule has 1 aromatic carbocycles. The lowest BCUT2D eigenvalue weighted by Crippen LogP contribution is -2.16. The van der Waals surface area contributed by atoms with Crippen LogP contribution in [-0.4, -0.2) is 26.5 Å². The van der Waals surface area contributed by atoms with Crippen molar-refractivity contribution in [1.29, 1.82) is 0 Å². The van der Waals surface area contributed by atoms with Gasteiger partial charge in [-0.3, -0.25) is 0 Å². The van der Waals surface area contributed by atoms with E-state index in [-0.39, 0.29) is 4.90 Å². The Morgan fingerprint density at radius 2 is 2.16 bits per heavy atom. The second-order valence-corrected chi connectivity index (χ2v) is 6.56. The summed E-state index contributed by atoms with van der Waals surface area (Å²) < 4.78 is 22.9. The van der Waals surface area contributed by atoms with Crippen LogP contribution in [0.3, 0.4) is 0 Å². The first-order chi connectivity index (χ1) is 8.86. The number of hydrogen-bond acceptors (Lipinski definition) is 5. The van der Waals surface area contributed by atoms with E-state index in [9.17, 15) is 8.42 Å². The molecule has 0 amide bonds. The summed E-state index contributed by atoms with van der Waals surface area (Å²) in [5.41, 5.74) is 7.28. The zero-order chi connectivity index (χ0) is 14.5. The van der Waals surface area contributed by atoms with Crippen molar-refractivity contribution in [3.05, 3.63) is 17.7 Å². The van der Waals surface area contributed by atoms with E-state index in [2.05, 4.69) is 11.2 Å². The van der Waals surface area contributed by atoms with Gasteiger partial charge in [-0.15, -0.1) is 18.2 Å². The van der Waals surface area contributed by atoms with E-state index < -0.39 is 10.0 Å². The molecule has 0 aromatic heterocycles. The largest absolute Gasteiger partial charge is 0.399 e. The van der Waals surface area contributed by atoms with Gasteiger partial charge in [-0.05, 0) is 24.6 Å². The highest BCUT2D eigenvalue weighted by Gasteiger charge is 2.15. The smallest absolute Gasteiger partial charge is 0.238 e. The molecule has 1 rings (SSSR count). The molecule has 5 nitrogen and oxygen atoms in total. The molecule has 1 aromatic rings. The second kappa shape index (κ2) is 6.70. The third-order valence-electron chi connectivity index (χ3n) is 2.44. The zero-order valence-corrected chi connectivity index (χ0v) is 12.3. The first-order valence-electron chi connectivity index (χ1n) is 5.54. The van der Waals surface area contributed by atoms with E-state index in [1.165, 1.54) is 6.07 Å². The predicted molar refractivity (Wildman–Crippen MR) is 81.6 cm³/mol. The highest BCUT2D eigenvalue weighted by atomic mass is 32.2. The van der Waals surface area contributed by atoms with Crippen LogP contribution in [-0.2, 0) is 10.0 Å².